The second-order valence-electron chi connectivity index (χ2n) is 7.53. The summed E-state index contributed by atoms with van der Waals surface area (Å²) in [4.78, 5) is 20.3. The van der Waals surface area contributed by atoms with Crippen molar-refractivity contribution in [3.63, 3.8) is 0 Å². The van der Waals surface area contributed by atoms with Gasteiger partial charge in [0, 0.05) is 52.8 Å². The number of benzene rings is 2. The minimum atomic E-state index is -0.474. The van der Waals surface area contributed by atoms with Gasteiger partial charge in [-0.1, -0.05) is 18.2 Å². The van der Waals surface area contributed by atoms with Crippen LogP contribution < -0.4 is 4.74 Å². The Hall–Kier alpha value is -2.13. The fourth-order valence-corrected chi connectivity index (χ4v) is 5.70. The van der Waals surface area contributed by atoms with E-state index in [4.69, 9.17) is 13.8 Å². The van der Waals surface area contributed by atoms with Crippen molar-refractivity contribution in [2.45, 2.75) is 37.5 Å². The number of hydrogen-bond acceptors (Lipinski definition) is 7. The number of thioether (sulfide) groups is 1. The maximum absolute atomic E-state index is 13.5. The zero-order chi connectivity index (χ0) is 23.4. The molecular weight excluding hydrogens is 456 g/mol. The third-order valence-electron chi connectivity index (χ3n) is 5.69. The van der Waals surface area contributed by atoms with Gasteiger partial charge in [-0.2, -0.15) is 0 Å². The molecule has 0 amide bonds. The summed E-state index contributed by atoms with van der Waals surface area (Å²) in [7, 11) is 0. The zero-order valence-electron chi connectivity index (χ0n) is 19.5. The van der Waals surface area contributed by atoms with E-state index in [2.05, 4.69) is 28.8 Å². The van der Waals surface area contributed by atoms with E-state index in [1.165, 1.54) is 12.0 Å². The van der Waals surface area contributed by atoms with Crippen molar-refractivity contribution in [1.29, 1.82) is 0 Å². The molecule has 4 rings (SSSR count). The third kappa shape index (κ3) is 4.75. The topological polar surface area (TPSA) is 52.9 Å². The molecule has 1 aliphatic rings. The summed E-state index contributed by atoms with van der Waals surface area (Å²) in [6.07, 6.45) is 1.92. The number of ether oxygens (including phenoxy) is 1. The number of carbonyl (C=O) groups is 1. The summed E-state index contributed by atoms with van der Waals surface area (Å²) in [5.41, 5.74) is 4.23. The molecular formula is C25H30N2O4S2. The maximum Gasteiger partial charge on any atom is 0.342 e. The van der Waals surface area contributed by atoms with E-state index in [1.807, 2.05) is 45.2 Å². The Morgan fingerprint density at radius 1 is 1.15 bits per heavy atom. The molecule has 2 aromatic carbocycles. The van der Waals surface area contributed by atoms with Crippen LogP contribution in [0.4, 0.5) is 0 Å². The highest BCUT2D eigenvalue weighted by molar-refractivity contribution is 8.00. The van der Waals surface area contributed by atoms with E-state index in [0.29, 0.717) is 32.8 Å². The quantitative estimate of drug-likeness (QED) is 0.199. The number of aromatic nitrogens is 1. The van der Waals surface area contributed by atoms with Crippen LogP contribution in [0.3, 0.4) is 0 Å². The number of nitrogens with zero attached hydrogens (tertiary/aromatic N) is 2. The van der Waals surface area contributed by atoms with Gasteiger partial charge in [0.2, 0.25) is 0 Å². The first-order valence-corrected chi connectivity index (χ1v) is 13.3. The summed E-state index contributed by atoms with van der Waals surface area (Å²) >= 11 is 2.92. The van der Waals surface area contributed by atoms with E-state index in [0.717, 1.165) is 38.4 Å². The van der Waals surface area contributed by atoms with E-state index >= 15 is 0 Å². The highest BCUT2D eigenvalue weighted by Crippen LogP contribution is 2.53. The Bertz CT molecular complexity index is 1130. The van der Waals surface area contributed by atoms with Gasteiger partial charge in [-0.3, -0.25) is 0 Å². The van der Waals surface area contributed by atoms with Gasteiger partial charge in [0.15, 0.2) is 0 Å². The summed E-state index contributed by atoms with van der Waals surface area (Å²) in [5, 5.41) is 2.24. The predicted molar refractivity (Wildman–Crippen MR) is 136 cm³/mol. The molecule has 0 bridgehead atoms. The van der Waals surface area contributed by atoms with E-state index in [-0.39, 0.29) is 5.97 Å². The van der Waals surface area contributed by atoms with Crippen LogP contribution in [0.25, 0.3) is 22.2 Å². The molecule has 6 nitrogen and oxygen atoms in total. The Kier molecular flexibility index (Phi) is 7.90. The summed E-state index contributed by atoms with van der Waals surface area (Å²) in [5.74, 6) is 0.547. The van der Waals surface area contributed by atoms with Crippen LogP contribution >= 0.6 is 23.8 Å². The number of hydrogen-bond donors (Lipinski definition) is 0. The summed E-state index contributed by atoms with van der Waals surface area (Å²) in [6, 6.07) is 14.4. The van der Waals surface area contributed by atoms with Crippen molar-refractivity contribution >= 4 is 40.7 Å². The number of rotatable bonds is 10. The largest absolute Gasteiger partial charge is 0.494 e. The molecule has 0 saturated carbocycles. The fourth-order valence-electron chi connectivity index (χ4n) is 4.26. The molecule has 0 saturated heterocycles. The standard InChI is InChI=1S/C25H30N2O4S2/c1-5-26(6-2)31-25(28)24-22-19-16-17(29-7-3)12-13-20(19)27(14-15-30-32-4)23(22)18-10-8-9-11-21(18)33-24/h8-13,16,24H,5-7,14-15H2,1-4H3. The highest BCUT2D eigenvalue weighted by Gasteiger charge is 2.37. The summed E-state index contributed by atoms with van der Waals surface area (Å²) in [6.45, 7) is 9.06. The van der Waals surface area contributed by atoms with Crippen LogP contribution in [0.2, 0.25) is 0 Å². The Labute approximate surface area is 203 Å². The first kappa shape index (κ1) is 24.0. The lowest BCUT2D eigenvalue weighted by atomic mass is 10.0. The molecule has 0 fully saturated rings. The lowest BCUT2D eigenvalue weighted by Gasteiger charge is -2.27. The van der Waals surface area contributed by atoms with Gasteiger partial charge in [-0.25, -0.2) is 4.79 Å². The van der Waals surface area contributed by atoms with Gasteiger partial charge >= 0.3 is 5.97 Å². The van der Waals surface area contributed by atoms with Crippen LogP contribution in [-0.4, -0.2) is 48.2 Å². The van der Waals surface area contributed by atoms with E-state index in [1.54, 1.807) is 16.8 Å². The van der Waals surface area contributed by atoms with E-state index < -0.39 is 5.25 Å². The van der Waals surface area contributed by atoms with Gasteiger partial charge < -0.3 is 18.3 Å². The number of hydroxylamine groups is 2. The lowest BCUT2D eigenvalue weighted by Crippen LogP contribution is -2.29. The average Bonchev–Trinajstić information content (AvgIpc) is 3.16. The SMILES string of the molecule is CCOc1ccc2c(c1)c1c(n2CCOSC)-c2ccccc2SC1C(=O)ON(CC)CC. The minimum Gasteiger partial charge on any atom is -0.494 e. The fraction of sp³-hybridized carbons (Fsp3) is 0.400. The van der Waals surface area contributed by atoms with Crippen LogP contribution in [0.1, 0.15) is 31.6 Å². The van der Waals surface area contributed by atoms with Crippen molar-refractivity contribution in [2.24, 2.45) is 0 Å². The number of carbonyl (C=O) groups excluding carboxylic acids is 1. The van der Waals surface area contributed by atoms with Crippen molar-refractivity contribution in [3.05, 3.63) is 48.0 Å². The smallest absolute Gasteiger partial charge is 0.342 e. The average molecular weight is 487 g/mol. The monoisotopic (exact) mass is 486 g/mol. The Morgan fingerprint density at radius 3 is 2.67 bits per heavy atom. The third-order valence-corrected chi connectivity index (χ3v) is 7.37. The van der Waals surface area contributed by atoms with Crippen molar-refractivity contribution < 1.29 is 18.6 Å². The molecule has 0 N–H and O–H groups in total. The second-order valence-corrected chi connectivity index (χ2v) is 9.25. The highest BCUT2D eigenvalue weighted by atomic mass is 32.2. The van der Waals surface area contributed by atoms with Gasteiger partial charge in [-0.15, -0.1) is 16.8 Å². The van der Waals surface area contributed by atoms with Gasteiger partial charge in [0.1, 0.15) is 11.0 Å². The van der Waals surface area contributed by atoms with Crippen LogP contribution in [0, 0.1) is 0 Å². The number of fused-ring (bicyclic) bond motifs is 5. The van der Waals surface area contributed by atoms with Crippen molar-refractivity contribution in [3.8, 4) is 17.0 Å². The van der Waals surface area contributed by atoms with Gasteiger partial charge in [-0.05, 0) is 57.1 Å². The molecule has 1 atom stereocenters. The van der Waals surface area contributed by atoms with Crippen LogP contribution in [-0.2, 0) is 20.4 Å². The Balaban J connectivity index is 1.92. The first-order valence-electron chi connectivity index (χ1n) is 11.3. The molecule has 1 unspecified atom stereocenters. The molecule has 0 radical (unpaired) electrons. The van der Waals surface area contributed by atoms with Crippen molar-refractivity contribution in [2.75, 3.05) is 32.6 Å². The first-order chi connectivity index (χ1) is 16.1. The predicted octanol–water partition coefficient (Wildman–Crippen LogP) is 5.95. The second kappa shape index (κ2) is 10.9. The van der Waals surface area contributed by atoms with E-state index in [9.17, 15) is 4.79 Å². The molecule has 1 aliphatic heterocycles. The molecule has 176 valence electrons. The Morgan fingerprint density at radius 2 is 1.94 bits per heavy atom. The molecule has 1 aromatic heterocycles. The van der Waals surface area contributed by atoms with Gasteiger partial charge in [0.25, 0.3) is 0 Å². The molecule has 33 heavy (non-hydrogen) atoms. The van der Waals surface area contributed by atoms with Crippen LogP contribution in [0.15, 0.2) is 47.4 Å². The lowest BCUT2D eigenvalue weighted by molar-refractivity contribution is -0.188. The normalized spacial score (nSPS) is 14.9. The molecule has 2 heterocycles. The molecule has 0 aliphatic carbocycles. The summed E-state index contributed by atoms with van der Waals surface area (Å²) < 4.78 is 13.7. The zero-order valence-corrected chi connectivity index (χ0v) is 21.1. The van der Waals surface area contributed by atoms with Crippen LogP contribution in [0.5, 0.6) is 5.75 Å². The molecule has 3 aromatic rings. The van der Waals surface area contributed by atoms with Crippen molar-refractivity contribution in [1.82, 2.24) is 9.63 Å². The minimum absolute atomic E-state index is 0.249. The van der Waals surface area contributed by atoms with Gasteiger partial charge in [0.05, 0.1) is 18.9 Å². The molecule has 8 heteroatoms. The maximum atomic E-state index is 13.5. The molecule has 0 spiro atoms.